The smallest absolute Gasteiger partial charge is 0.200 e. The molecule has 34 heavy (non-hydrogen) atoms. The third-order valence-corrected chi connectivity index (χ3v) is 8.84. The molecule has 2 unspecified atom stereocenters. The van der Waals surface area contributed by atoms with Gasteiger partial charge >= 0.3 is 0 Å². The molecule has 0 saturated heterocycles. The van der Waals surface area contributed by atoms with Crippen LogP contribution in [0, 0.1) is 41.2 Å². The number of rotatable bonds is 8. The van der Waals surface area contributed by atoms with E-state index in [4.69, 9.17) is 4.74 Å². The Morgan fingerprint density at radius 2 is 1.47 bits per heavy atom. The minimum absolute atomic E-state index is 0.0106. The lowest BCUT2D eigenvalue weighted by molar-refractivity contribution is 0.235. The highest BCUT2D eigenvalue weighted by Crippen LogP contribution is 2.42. The predicted molar refractivity (Wildman–Crippen MR) is 137 cm³/mol. The molecule has 0 radical (unpaired) electrons. The second-order valence-electron chi connectivity index (χ2n) is 11.1. The van der Waals surface area contributed by atoms with Crippen LogP contribution in [0.5, 0.6) is 5.75 Å². The van der Waals surface area contributed by atoms with Gasteiger partial charge in [0.1, 0.15) is 0 Å². The Morgan fingerprint density at radius 1 is 0.794 bits per heavy atom. The van der Waals surface area contributed by atoms with Gasteiger partial charge in [-0.3, -0.25) is 0 Å². The molecule has 0 heterocycles. The van der Waals surface area contributed by atoms with E-state index in [0.717, 1.165) is 36.5 Å². The van der Waals surface area contributed by atoms with Crippen LogP contribution in [0.1, 0.15) is 102 Å². The first kappa shape index (κ1) is 25.5. The van der Waals surface area contributed by atoms with E-state index in [2.05, 4.69) is 31.2 Å². The monoisotopic (exact) mass is 470 g/mol. The van der Waals surface area contributed by atoms with Gasteiger partial charge in [-0.15, -0.1) is 0 Å². The van der Waals surface area contributed by atoms with Crippen molar-refractivity contribution in [2.75, 3.05) is 6.61 Å². The van der Waals surface area contributed by atoms with Crippen molar-refractivity contribution in [2.45, 2.75) is 96.8 Å². The van der Waals surface area contributed by atoms with E-state index in [1.54, 1.807) is 19.1 Å². The SMILES string of the molecule is CCCC1CCC(/C=C/C2CCC(C3C=CC(c4ccc(OCC)c(F)c4F)CC3)CC2)CC1. The number of benzene rings is 1. The first-order chi connectivity index (χ1) is 16.6. The zero-order chi connectivity index (χ0) is 23.9. The predicted octanol–water partition coefficient (Wildman–Crippen LogP) is 9.38. The Kier molecular flexibility index (Phi) is 9.25. The van der Waals surface area contributed by atoms with Crippen LogP contribution < -0.4 is 4.74 Å². The van der Waals surface area contributed by atoms with Gasteiger partial charge in [-0.2, -0.15) is 4.39 Å². The summed E-state index contributed by atoms with van der Waals surface area (Å²) in [6.07, 6.45) is 25.1. The first-order valence-corrected chi connectivity index (χ1v) is 14.1. The fraction of sp³-hybridized carbons (Fsp3) is 0.677. The van der Waals surface area contributed by atoms with Crippen LogP contribution in [0.15, 0.2) is 36.4 Å². The molecule has 0 aromatic heterocycles. The lowest BCUT2D eigenvalue weighted by Crippen LogP contribution is -2.22. The average Bonchev–Trinajstić information content (AvgIpc) is 2.87. The van der Waals surface area contributed by atoms with Crippen molar-refractivity contribution in [3.05, 3.63) is 53.6 Å². The zero-order valence-corrected chi connectivity index (χ0v) is 21.3. The molecule has 2 fully saturated rings. The molecule has 1 nitrogen and oxygen atoms in total. The molecular formula is C31H44F2O. The van der Waals surface area contributed by atoms with Crippen molar-refractivity contribution in [3.8, 4) is 5.75 Å². The molecule has 188 valence electrons. The number of allylic oxidation sites excluding steroid dienone is 4. The zero-order valence-electron chi connectivity index (χ0n) is 21.3. The first-order valence-electron chi connectivity index (χ1n) is 14.1. The Morgan fingerprint density at radius 3 is 2.06 bits per heavy atom. The molecule has 2 saturated carbocycles. The molecule has 0 N–H and O–H groups in total. The molecule has 3 aliphatic carbocycles. The Bertz CT molecular complexity index is 828. The van der Waals surface area contributed by atoms with Crippen molar-refractivity contribution in [1.82, 2.24) is 0 Å². The number of ether oxygens (including phenoxy) is 1. The van der Waals surface area contributed by atoms with E-state index in [0.29, 0.717) is 18.1 Å². The summed E-state index contributed by atoms with van der Waals surface area (Å²) in [4.78, 5) is 0. The summed E-state index contributed by atoms with van der Waals surface area (Å²) in [7, 11) is 0. The normalized spacial score (nSPS) is 32.2. The molecule has 3 aliphatic rings. The van der Waals surface area contributed by atoms with Crippen LogP contribution in [0.2, 0.25) is 0 Å². The maximum Gasteiger partial charge on any atom is 0.200 e. The molecule has 3 heteroatoms. The van der Waals surface area contributed by atoms with Crippen molar-refractivity contribution < 1.29 is 13.5 Å². The molecule has 0 spiro atoms. The summed E-state index contributed by atoms with van der Waals surface area (Å²) in [6, 6.07) is 3.27. The van der Waals surface area contributed by atoms with Crippen molar-refractivity contribution in [2.24, 2.45) is 29.6 Å². The minimum atomic E-state index is -0.852. The highest BCUT2D eigenvalue weighted by molar-refractivity contribution is 5.35. The van der Waals surface area contributed by atoms with Gasteiger partial charge in [0, 0.05) is 5.92 Å². The van der Waals surface area contributed by atoms with Crippen LogP contribution in [-0.4, -0.2) is 6.61 Å². The summed E-state index contributed by atoms with van der Waals surface area (Å²) in [5, 5.41) is 0. The maximum atomic E-state index is 14.6. The van der Waals surface area contributed by atoms with Gasteiger partial charge in [-0.1, -0.05) is 50.1 Å². The van der Waals surface area contributed by atoms with Gasteiger partial charge in [0.25, 0.3) is 0 Å². The topological polar surface area (TPSA) is 9.23 Å². The summed E-state index contributed by atoms with van der Waals surface area (Å²) in [5.41, 5.74) is 0.466. The Labute approximate surface area is 206 Å². The molecule has 4 rings (SSSR count). The van der Waals surface area contributed by atoms with Crippen LogP contribution >= 0.6 is 0 Å². The van der Waals surface area contributed by atoms with Gasteiger partial charge < -0.3 is 4.74 Å². The highest BCUT2D eigenvalue weighted by atomic mass is 19.2. The quantitative estimate of drug-likeness (QED) is 0.344. The summed E-state index contributed by atoms with van der Waals surface area (Å²) >= 11 is 0. The van der Waals surface area contributed by atoms with E-state index < -0.39 is 11.6 Å². The van der Waals surface area contributed by atoms with E-state index >= 15 is 0 Å². The van der Waals surface area contributed by atoms with Crippen LogP contribution in [0.4, 0.5) is 8.78 Å². The Balaban J connectivity index is 1.24. The molecule has 0 bridgehead atoms. The number of halogens is 2. The summed E-state index contributed by atoms with van der Waals surface area (Å²) < 4.78 is 34.1. The summed E-state index contributed by atoms with van der Waals surface area (Å²) in [6.45, 7) is 4.42. The van der Waals surface area contributed by atoms with E-state index in [9.17, 15) is 8.78 Å². The van der Waals surface area contributed by atoms with Gasteiger partial charge in [0.05, 0.1) is 6.61 Å². The third-order valence-electron chi connectivity index (χ3n) is 8.84. The van der Waals surface area contributed by atoms with Crippen LogP contribution in [0.3, 0.4) is 0 Å². The molecule has 2 atom stereocenters. The molecular weight excluding hydrogens is 426 g/mol. The fourth-order valence-corrected chi connectivity index (χ4v) is 6.75. The Hall–Kier alpha value is -1.64. The largest absolute Gasteiger partial charge is 0.491 e. The van der Waals surface area contributed by atoms with E-state index in [1.165, 1.54) is 64.2 Å². The second-order valence-corrected chi connectivity index (χ2v) is 11.1. The summed E-state index contributed by atoms with van der Waals surface area (Å²) in [5.74, 6) is 2.27. The fourth-order valence-electron chi connectivity index (χ4n) is 6.75. The third kappa shape index (κ3) is 6.32. The van der Waals surface area contributed by atoms with Crippen LogP contribution in [0.25, 0.3) is 0 Å². The van der Waals surface area contributed by atoms with Gasteiger partial charge in [0.15, 0.2) is 11.6 Å². The van der Waals surface area contributed by atoms with Crippen molar-refractivity contribution in [3.63, 3.8) is 0 Å². The molecule has 1 aromatic carbocycles. The lowest BCUT2D eigenvalue weighted by Gasteiger charge is -2.34. The highest BCUT2D eigenvalue weighted by Gasteiger charge is 2.29. The van der Waals surface area contributed by atoms with Crippen LogP contribution in [-0.2, 0) is 0 Å². The molecule has 0 aliphatic heterocycles. The van der Waals surface area contributed by atoms with E-state index in [1.807, 2.05) is 0 Å². The van der Waals surface area contributed by atoms with Gasteiger partial charge in [0.2, 0.25) is 5.82 Å². The molecule has 1 aromatic rings. The van der Waals surface area contributed by atoms with Gasteiger partial charge in [-0.25, -0.2) is 4.39 Å². The average molecular weight is 471 g/mol. The van der Waals surface area contributed by atoms with Gasteiger partial charge in [-0.05, 0) is 112 Å². The molecule has 0 amide bonds. The second kappa shape index (κ2) is 12.4. The van der Waals surface area contributed by atoms with E-state index in [-0.39, 0.29) is 11.7 Å². The maximum absolute atomic E-state index is 14.6. The number of hydrogen-bond donors (Lipinski definition) is 0. The lowest BCUT2D eigenvalue weighted by atomic mass is 9.71. The standard InChI is InChI=1S/C31H44F2O/c1-3-5-22-6-8-23(9-7-22)10-11-24-12-14-25(15-13-24)26-16-18-27(19-17-26)28-20-21-29(34-4-2)31(33)30(28)32/h10-11,16,18,20-27H,3-9,12-15,17,19H2,1-2H3/b11-10+. The van der Waals surface area contributed by atoms with Crippen molar-refractivity contribution in [1.29, 1.82) is 0 Å². The minimum Gasteiger partial charge on any atom is -0.491 e. The number of hydrogen-bond acceptors (Lipinski definition) is 1. The van der Waals surface area contributed by atoms with Crippen molar-refractivity contribution >= 4 is 0 Å².